The van der Waals surface area contributed by atoms with Crippen LogP contribution in [-0.2, 0) is 10.8 Å². The maximum absolute atomic E-state index is 12.5. The van der Waals surface area contributed by atoms with Crippen molar-refractivity contribution in [2.24, 2.45) is 0 Å². The van der Waals surface area contributed by atoms with Gasteiger partial charge in [-0.15, -0.1) is 0 Å². The standard InChI is InChI=1S/C19H20ClNO4S/c1-12-9-14(10-13(2)18(12)25-19(23)21(3)4)17(22)11-26(24)16-7-5-15(20)6-8-16/h5-10H,11H2,1-4H3/t26-/m1/s1. The molecule has 1 atom stereocenters. The summed E-state index contributed by atoms with van der Waals surface area (Å²) in [5.41, 5.74) is 1.77. The van der Waals surface area contributed by atoms with E-state index >= 15 is 0 Å². The van der Waals surface area contributed by atoms with Crippen molar-refractivity contribution in [2.45, 2.75) is 18.7 Å². The van der Waals surface area contributed by atoms with Crippen molar-refractivity contribution in [3.8, 4) is 5.75 Å². The molecule has 7 heteroatoms. The van der Waals surface area contributed by atoms with Gasteiger partial charge in [-0.3, -0.25) is 9.00 Å². The molecule has 0 heterocycles. The minimum absolute atomic E-state index is 0.128. The third-order valence-corrected chi connectivity index (χ3v) is 5.25. The predicted octanol–water partition coefficient (Wildman–Crippen LogP) is 4.01. The van der Waals surface area contributed by atoms with Crippen LogP contribution >= 0.6 is 11.6 Å². The number of aryl methyl sites for hydroxylation is 2. The molecule has 138 valence electrons. The molecular formula is C19H20ClNO4S. The molecule has 5 nitrogen and oxygen atoms in total. The molecule has 0 saturated carbocycles. The molecule has 0 spiro atoms. The van der Waals surface area contributed by atoms with Gasteiger partial charge < -0.3 is 9.64 Å². The van der Waals surface area contributed by atoms with Gasteiger partial charge in [-0.05, 0) is 61.4 Å². The molecule has 26 heavy (non-hydrogen) atoms. The number of carbonyl (C=O) groups is 2. The molecule has 2 rings (SSSR count). The first-order chi connectivity index (χ1) is 12.2. The van der Waals surface area contributed by atoms with Gasteiger partial charge in [-0.25, -0.2) is 4.79 Å². The Morgan fingerprint density at radius 3 is 2.12 bits per heavy atom. The molecule has 0 aliphatic rings. The van der Waals surface area contributed by atoms with Gasteiger partial charge >= 0.3 is 6.09 Å². The summed E-state index contributed by atoms with van der Waals surface area (Å²) in [6.45, 7) is 3.52. The molecule has 0 aliphatic carbocycles. The van der Waals surface area contributed by atoms with E-state index in [4.69, 9.17) is 16.3 Å². The molecule has 0 aliphatic heterocycles. The number of carbonyl (C=O) groups excluding carboxylic acids is 2. The average molecular weight is 394 g/mol. The van der Waals surface area contributed by atoms with Gasteiger partial charge in [0.25, 0.3) is 0 Å². The highest BCUT2D eigenvalue weighted by Gasteiger charge is 2.17. The van der Waals surface area contributed by atoms with Gasteiger partial charge in [0.2, 0.25) is 0 Å². The first-order valence-corrected chi connectivity index (χ1v) is 9.56. The van der Waals surface area contributed by atoms with Gasteiger partial charge in [0.05, 0.1) is 16.6 Å². The SMILES string of the molecule is Cc1cc(C(=O)C[S@@](=O)c2ccc(Cl)cc2)cc(C)c1OC(=O)N(C)C. The van der Waals surface area contributed by atoms with E-state index in [0.29, 0.717) is 32.4 Å². The second-order valence-electron chi connectivity index (χ2n) is 6.07. The summed E-state index contributed by atoms with van der Waals surface area (Å²) in [5, 5.41) is 0.547. The lowest BCUT2D eigenvalue weighted by atomic mass is 10.0. The minimum atomic E-state index is -1.46. The molecule has 0 aromatic heterocycles. The van der Waals surface area contributed by atoms with Gasteiger partial charge in [0, 0.05) is 29.6 Å². The van der Waals surface area contributed by atoms with Gasteiger partial charge in [-0.2, -0.15) is 0 Å². The molecule has 0 saturated heterocycles. The number of ether oxygens (including phenoxy) is 1. The summed E-state index contributed by atoms with van der Waals surface area (Å²) in [7, 11) is 1.73. The zero-order chi connectivity index (χ0) is 19.4. The Bertz CT molecular complexity index is 839. The summed E-state index contributed by atoms with van der Waals surface area (Å²) in [6.07, 6.45) is -0.487. The fourth-order valence-corrected chi connectivity index (χ4v) is 3.46. The lowest BCUT2D eigenvalue weighted by Gasteiger charge is -2.15. The Morgan fingerprint density at radius 1 is 1.08 bits per heavy atom. The monoisotopic (exact) mass is 393 g/mol. The van der Waals surface area contributed by atoms with Crippen LogP contribution in [0.1, 0.15) is 21.5 Å². The van der Waals surface area contributed by atoms with Crippen LogP contribution in [0.25, 0.3) is 0 Å². The second-order valence-corrected chi connectivity index (χ2v) is 7.96. The highest BCUT2D eigenvalue weighted by molar-refractivity contribution is 7.85. The highest BCUT2D eigenvalue weighted by atomic mass is 35.5. The quantitative estimate of drug-likeness (QED) is 0.720. The lowest BCUT2D eigenvalue weighted by Crippen LogP contribution is -2.26. The zero-order valence-electron chi connectivity index (χ0n) is 15.0. The Morgan fingerprint density at radius 2 is 1.62 bits per heavy atom. The largest absolute Gasteiger partial charge is 0.414 e. The van der Waals surface area contributed by atoms with Crippen LogP contribution < -0.4 is 4.74 Å². The minimum Gasteiger partial charge on any atom is -0.410 e. The number of nitrogens with zero attached hydrogens (tertiary/aromatic N) is 1. The first kappa shape index (κ1) is 20.1. The van der Waals surface area contributed by atoms with Crippen LogP contribution in [0.3, 0.4) is 0 Å². The Hall–Kier alpha value is -2.18. The van der Waals surface area contributed by atoms with Crippen molar-refractivity contribution in [1.82, 2.24) is 4.90 Å². The molecule has 0 N–H and O–H groups in total. The number of hydrogen-bond donors (Lipinski definition) is 0. The van der Waals surface area contributed by atoms with Crippen molar-refractivity contribution >= 4 is 34.3 Å². The van der Waals surface area contributed by atoms with Gasteiger partial charge in [-0.1, -0.05) is 11.6 Å². The highest BCUT2D eigenvalue weighted by Crippen LogP contribution is 2.26. The molecule has 1 amide bonds. The third kappa shape index (κ3) is 4.93. The number of ketones is 1. The molecular weight excluding hydrogens is 374 g/mol. The number of halogens is 1. The number of Topliss-reactive ketones (excluding diaryl/α,β-unsaturated/α-hetero) is 1. The van der Waals surface area contributed by atoms with Crippen LogP contribution in [-0.4, -0.2) is 40.8 Å². The van der Waals surface area contributed by atoms with E-state index in [9.17, 15) is 13.8 Å². The van der Waals surface area contributed by atoms with Gasteiger partial charge in [0.1, 0.15) is 5.75 Å². The van der Waals surface area contributed by atoms with Crippen molar-refractivity contribution in [1.29, 1.82) is 0 Å². The van der Waals surface area contributed by atoms with Crippen LogP contribution in [0.4, 0.5) is 4.79 Å². The number of hydrogen-bond acceptors (Lipinski definition) is 4. The van der Waals surface area contributed by atoms with Crippen molar-refractivity contribution in [2.75, 3.05) is 19.8 Å². The predicted molar refractivity (Wildman–Crippen MR) is 103 cm³/mol. The smallest absolute Gasteiger partial charge is 0.410 e. The second kappa shape index (κ2) is 8.47. The van der Waals surface area contributed by atoms with Crippen molar-refractivity contribution < 1.29 is 18.5 Å². The lowest BCUT2D eigenvalue weighted by molar-refractivity contribution is 0.102. The molecule has 0 radical (unpaired) electrons. The summed E-state index contributed by atoms with van der Waals surface area (Å²) in [5.74, 6) is 0.0613. The van der Waals surface area contributed by atoms with E-state index in [1.807, 2.05) is 0 Å². The molecule has 2 aromatic carbocycles. The van der Waals surface area contributed by atoms with Crippen molar-refractivity contribution in [3.05, 3.63) is 58.1 Å². The number of benzene rings is 2. The van der Waals surface area contributed by atoms with Gasteiger partial charge in [0.15, 0.2) is 5.78 Å². The maximum Gasteiger partial charge on any atom is 0.414 e. The third-order valence-electron chi connectivity index (χ3n) is 3.68. The van der Waals surface area contributed by atoms with Crippen LogP contribution in [0.2, 0.25) is 5.02 Å². The zero-order valence-corrected chi connectivity index (χ0v) is 16.6. The van der Waals surface area contributed by atoms with Crippen LogP contribution in [0, 0.1) is 13.8 Å². The van der Waals surface area contributed by atoms with E-state index < -0.39 is 16.9 Å². The molecule has 0 bridgehead atoms. The topological polar surface area (TPSA) is 63.7 Å². The Kier molecular flexibility index (Phi) is 6.56. The summed E-state index contributed by atoms with van der Waals surface area (Å²) in [4.78, 5) is 26.1. The van der Waals surface area contributed by atoms with Crippen molar-refractivity contribution in [3.63, 3.8) is 0 Å². The maximum atomic E-state index is 12.5. The molecule has 0 unspecified atom stereocenters. The Labute approximate surface area is 160 Å². The fourth-order valence-electron chi connectivity index (χ4n) is 2.32. The fraction of sp³-hybridized carbons (Fsp3) is 0.263. The molecule has 2 aromatic rings. The normalized spacial score (nSPS) is 11.7. The molecule has 0 fully saturated rings. The van der Waals surface area contributed by atoms with E-state index in [0.717, 1.165) is 0 Å². The van der Waals surface area contributed by atoms with Crippen LogP contribution in [0.15, 0.2) is 41.3 Å². The summed E-state index contributed by atoms with van der Waals surface area (Å²) < 4.78 is 17.7. The number of rotatable bonds is 5. The van der Waals surface area contributed by atoms with E-state index in [-0.39, 0.29) is 11.5 Å². The van der Waals surface area contributed by atoms with E-state index in [2.05, 4.69) is 0 Å². The summed E-state index contributed by atoms with van der Waals surface area (Å²) >= 11 is 5.82. The van der Waals surface area contributed by atoms with E-state index in [1.54, 1.807) is 64.3 Å². The Balaban J connectivity index is 2.18. The first-order valence-electron chi connectivity index (χ1n) is 7.86. The average Bonchev–Trinajstić information content (AvgIpc) is 2.57. The van der Waals surface area contributed by atoms with Crippen LogP contribution in [0.5, 0.6) is 5.75 Å². The number of amides is 1. The van der Waals surface area contributed by atoms with E-state index in [1.165, 1.54) is 4.90 Å². The summed E-state index contributed by atoms with van der Waals surface area (Å²) in [6, 6.07) is 9.86.